The molecule has 0 aliphatic heterocycles. The van der Waals surface area contributed by atoms with E-state index >= 15 is 0 Å². The quantitative estimate of drug-likeness (QED) is 0.808. The molecule has 7 heteroatoms. The highest BCUT2D eigenvalue weighted by atomic mass is 79.9. The van der Waals surface area contributed by atoms with E-state index in [0.29, 0.717) is 15.9 Å². The molecule has 0 unspecified atom stereocenters. The number of benzene rings is 1. The number of hydrogen-bond acceptors (Lipinski definition) is 4. The summed E-state index contributed by atoms with van der Waals surface area (Å²) >= 11 is 6.57. The molecule has 0 aliphatic rings. The Labute approximate surface area is 132 Å². The lowest BCUT2D eigenvalue weighted by Gasteiger charge is -2.10. The summed E-state index contributed by atoms with van der Waals surface area (Å²) in [6.45, 7) is 0. The molecule has 0 spiro atoms. The number of ether oxygens (including phenoxy) is 1. The molecule has 5 nitrogen and oxygen atoms in total. The topological polar surface area (TPSA) is 71.5 Å². The number of methoxy groups -OCH3 is 1. The summed E-state index contributed by atoms with van der Waals surface area (Å²) in [6.07, 6.45) is 1.53. The van der Waals surface area contributed by atoms with E-state index in [1.165, 1.54) is 12.3 Å². The lowest BCUT2D eigenvalue weighted by molar-refractivity contribution is 0.0697. The number of nitrogens with one attached hydrogen (secondary N) is 1. The van der Waals surface area contributed by atoms with Crippen LogP contribution in [0.25, 0.3) is 0 Å². The maximum Gasteiger partial charge on any atom is 0.339 e. The van der Waals surface area contributed by atoms with Crippen molar-refractivity contribution in [3.63, 3.8) is 0 Å². The summed E-state index contributed by atoms with van der Waals surface area (Å²) in [6, 6.07) is 6.85. The highest BCUT2D eigenvalue weighted by Crippen LogP contribution is 2.28. The molecule has 0 fully saturated rings. The molecule has 2 aromatic rings. The van der Waals surface area contributed by atoms with E-state index in [4.69, 9.17) is 4.74 Å². The van der Waals surface area contributed by atoms with E-state index in [0.717, 1.165) is 4.47 Å². The summed E-state index contributed by atoms with van der Waals surface area (Å²) in [5, 5.41) is 12.2. The van der Waals surface area contributed by atoms with Crippen LogP contribution in [0.3, 0.4) is 0 Å². The molecule has 0 bridgehead atoms. The van der Waals surface area contributed by atoms with E-state index < -0.39 is 5.97 Å². The molecule has 0 amide bonds. The van der Waals surface area contributed by atoms with Crippen LogP contribution in [0.2, 0.25) is 0 Å². The highest BCUT2D eigenvalue weighted by Gasteiger charge is 2.13. The van der Waals surface area contributed by atoms with Crippen molar-refractivity contribution < 1.29 is 14.6 Å². The first kappa shape index (κ1) is 14.8. The van der Waals surface area contributed by atoms with Gasteiger partial charge < -0.3 is 15.2 Å². The van der Waals surface area contributed by atoms with Gasteiger partial charge in [-0.15, -0.1) is 0 Å². The van der Waals surface area contributed by atoms with Gasteiger partial charge in [-0.2, -0.15) is 0 Å². The molecule has 0 atom stereocenters. The Balaban J connectivity index is 2.39. The van der Waals surface area contributed by atoms with Gasteiger partial charge in [-0.3, -0.25) is 0 Å². The first-order valence-corrected chi connectivity index (χ1v) is 7.08. The number of carbonyl (C=O) groups is 1. The summed E-state index contributed by atoms with van der Waals surface area (Å²) in [5.74, 6) is -0.139. The number of pyridine rings is 1. The Morgan fingerprint density at radius 2 is 2.00 bits per heavy atom. The molecule has 1 aromatic heterocycles. The average molecular weight is 402 g/mol. The number of nitrogens with zero attached hydrogens (tertiary/aromatic N) is 1. The third kappa shape index (κ3) is 3.49. The van der Waals surface area contributed by atoms with Crippen molar-refractivity contribution in [2.24, 2.45) is 0 Å². The highest BCUT2D eigenvalue weighted by molar-refractivity contribution is 9.10. The van der Waals surface area contributed by atoms with Crippen molar-refractivity contribution in [3.8, 4) is 5.75 Å². The number of carboxylic acid groups (broad SMARTS) is 1. The maximum atomic E-state index is 11.2. The summed E-state index contributed by atoms with van der Waals surface area (Å²) in [7, 11) is 1.56. The molecular formula is C13H10Br2N2O3. The van der Waals surface area contributed by atoms with E-state index in [-0.39, 0.29) is 11.4 Å². The van der Waals surface area contributed by atoms with Crippen LogP contribution in [-0.4, -0.2) is 23.2 Å². The van der Waals surface area contributed by atoms with Gasteiger partial charge in [-0.25, -0.2) is 9.78 Å². The number of rotatable bonds is 4. The largest absolute Gasteiger partial charge is 0.497 e. The zero-order valence-electron chi connectivity index (χ0n) is 10.4. The minimum absolute atomic E-state index is 0.0818. The summed E-state index contributed by atoms with van der Waals surface area (Å²) < 4.78 is 6.57. The smallest absolute Gasteiger partial charge is 0.339 e. The Morgan fingerprint density at radius 1 is 1.25 bits per heavy atom. The molecule has 0 aliphatic carbocycles. The molecule has 2 rings (SSSR count). The number of carboxylic acids is 1. The fourth-order valence-electron chi connectivity index (χ4n) is 1.59. The predicted octanol–water partition coefficient (Wildman–Crippen LogP) is 4.06. The van der Waals surface area contributed by atoms with Crippen LogP contribution in [-0.2, 0) is 0 Å². The van der Waals surface area contributed by atoms with E-state index in [2.05, 4.69) is 42.2 Å². The molecule has 104 valence electrons. The number of anilines is 2. The van der Waals surface area contributed by atoms with E-state index in [9.17, 15) is 9.90 Å². The predicted molar refractivity (Wildman–Crippen MR) is 82.9 cm³/mol. The Kier molecular flexibility index (Phi) is 4.61. The maximum absolute atomic E-state index is 11.2. The van der Waals surface area contributed by atoms with Crippen LogP contribution in [0.1, 0.15) is 10.4 Å². The normalized spacial score (nSPS) is 10.2. The van der Waals surface area contributed by atoms with Gasteiger partial charge in [0.05, 0.1) is 7.11 Å². The van der Waals surface area contributed by atoms with Gasteiger partial charge in [0.1, 0.15) is 17.1 Å². The van der Waals surface area contributed by atoms with Crippen LogP contribution in [0.15, 0.2) is 39.4 Å². The van der Waals surface area contributed by atoms with Crippen LogP contribution in [0.4, 0.5) is 11.5 Å². The molecule has 20 heavy (non-hydrogen) atoms. The fourth-order valence-corrected chi connectivity index (χ4v) is 2.39. The standard InChI is InChI=1S/C13H10Br2N2O3/c1-20-10-3-7(14)2-9(5-10)17-12-11(13(18)19)4-8(15)6-16-12/h2-6H,1H3,(H,16,17)(H,18,19). The number of halogens is 2. The molecular weight excluding hydrogens is 392 g/mol. The van der Waals surface area contributed by atoms with E-state index in [1.807, 2.05) is 0 Å². The Bertz CT molecular complexity index is 662. The van der Waals surface area contributed by atoms with Crippen molar-refractivity contribution in [1.29, 1.82) is 0 Å². The Morgan fingerprint density at radius 3 is 2.65 bits per heavy atom. The zero-order chi connectivity index (χ0) is 14.7. The van der Waals surface area contributed by atoms with Gasteiger partial charge in [0.25, 0.3) is 0 Å². The third-order valence-corrected chi connectivity index (χ3v) is 3.35. The Hall–Kier alpha value is -1.60. The molecule has 1 aromatic carbocycles. The number of hydrogen-bond donors (Lipinski definition) is 2. The summed E-state index contributed by atoms with van der Waals surface area (Å²) in [4.78, 5) is 15.3. The van der Waals surface area contributed by atoms with Gasteiger partial charge in [0, 0.05) is 26.9 Å². The third-order valence-electron chi connectivity index (χ3n) is 2.45. The first-order valence-electron chi connectivity index (χ1n) is 5.50. The van der Waals surface area contributed by atoms with Gasteiger partial charge in [-0.1, -0.05) is 15.9 Å². The van der Waals surface area contributed by atoms with Gasteiger partial charge in [-0.05, 0) is 34.1 Å². The van der Waals surface area contributed by atoms with Crippen molar-refractivity contribution >= 4 is 49.3 Å². The molecule has 0 saturated heterocycles. The van der Waals surface area contributed by atoms with Crippen molar-refractivity contribution in [2.45, 2.75) is 0 Å². The van der Waals surface area contributed by atoms with Gasteiger partial charge in [0.15, 0.2) is 0 Å². The van der Waals surface area contributed by atoms with Crippen molar-refractivity contribution in [3.05, 3.63) is 45.0 Å². The van der Waals surface area contributed by atoms with E-state index in [1.54, 1.807) is 25.3 Å². The average Bonchev–Trinajstić information content (AvgIpc) is 2.40. The van der Waals surface area contributed by atoms with Crippen molar-refractivity contribution in [1.82, 2.24) is 4.98 Å². The minimum Gasteiger partial charge on any atom is -0.497 e. The van der Waals surface area contributed by atoms with Crippen molar-refractivity contribution in [2.75, 3.05) is 12.4 Å². The molecule has 1 heterocycles. The summed E-state index contributed by atoms with van der Waals surface area (Å²) in [5.41, 5.74) is 0.756. The SMILES string of the molecule is COc1cc(Br)cc(Nc2ncc(Br)cc2C(=O)O)c1. The monoisotopic (exact) mass is 400 g/mol. The van der Waals surface area contributed by atoms with Gasteiger partial charge in [0.2, 0.25) is 0 Å². The second kappa shape index (κ2) is 6.23. The first-order chi connectivity index (χ1) is 9.49. The molecule has 0 saturated carbocycles. The lowest BCUT2D eigenvalue weighted by Crippen LogP contribution is -2.05. The lowest BCUT2D eigenvalue weighted by atomic mass is 10.2. The minimum atomic E-state index is -1.05. The second-order valence-corrected chi connectivity index (χ2v) is 5.69. The fraction of sp³-hybridized carbons (Fsp3) is 0.0769. The van der Waals surface area contributed by atoms with Crippen LogP contribution in [0.5, 0.6) is 5.75 Å². The van der Waals surface area contributed by atoms with Crippen LogP contribution < -0.4 is 10.1 Å². The number of aromatic carboxylic acids is 1. The van der Waals surface area contributed by atoms with Crippen LogP contribution >= 0.6 is 31.9 Å². The molecule has 2 N–H and O–H groups in total. The zero-order valence-corrected chi connectivity index (χ0v) is 13.5. The molecule has 0 radical (unpaired) electrons. The second-order valence-electron chi connectivity index (χ2n) is 3.86. The van der Waals surface area contributed by atoms with Gasteiger partial charge >= 0.3 is 5.97 Å². The number of aromatic nitrogens is 1. The van der Waals surface area contributed by atoms with Crippen LogP contribution in [0, 0.1) is 0 Å².